The monoisotopic (exact) mass is 269 g/mol. The number of hydrogen-bond acceptors (Lipinski definition) is 3. The molecule has 1 amide bonds. The Morgan fingerprint density at radius 3 is 2.58 bits per heavy atom. The van der Waals surface area contributed by atoms with Crippen LogP contribution in [0.1, 0.15) is 52.4 Å². The second-order valence-electron chi connectivity index (χ2n) is 6.46. The fraction of sp³-hybridized carbons (Fsp3) is 0.933. The van der Waals surface area contributed by atoms with Crippen LogP contribution in [0, 0.1) is 5.41 Å². The summed E-state index contributed by atoms with van der Waals surface area (Å²) in [4.78, 5) is 14.2. The molecule has 0 unspecified atom stereocenters. The lowest BCUT2D eigenvalue weighted by molar-refractivity contribution is -0.121. The topological polar surface area (TPSA) is 58.4 Å². The van der Waals surface area contributed by atoms with Crippen molar-refractivity contribution in [2.45, 2.75) is 52.4 Å². The summed E-state index contributed by atoms with van der Waals surface area (Å²) in [6.45, 7) is 9.47. The molecule has 0 radical (unpaired) electrons. The minimum absolute atomic E-state index is 0.182. The van der Waals surface area contributed by atoms with Crippen LogP contribution in [0.25, 0.3) is 0 Å². The molecular weight excluding hydrogens is 238 g/mol. The molecule has 1 saturated heterocycles. The van der Waals surface area contributed by atoms with Gasteiger partial charge in [0.1, 0.15) is 0 Å². The first-order valence-electron chi connectivity index (χ1n) is 7.73. The Morgan fingerprint density at radius 1 is 1.26 bits per heavy atom. The van der Waals surface area contributed by atoms with E-state index < -0.39 is 0 Å². The van der Waals surface area contributed by atoms with Crippen molar-refractivity contribution in [2.75, 3.05) is 32.7 Å². The highest BCUT2D eigenvalue weighted by Gasteiger charge is 2.18. The maximum Gasteiger partial charge on any atom is 0.220 e. The van der Waals surface area contributed by atoms with Crippen LogP contribution in [0.3, 0.4) is 0 Å². The molecule has 0 saturated carbocycles. The molecule has 0 bridgehead atoms. The lowest BCUT2D eigenvalue weighted by Crippen LogP contribution is -2.29. The maximum absolute atomic E-state index is 11.7. The molecule has 4 heteroatoms. The molecule has 1 fully saturated rings. The van der Waals surface area contributed by atoms with E-state index >= 15 is 0 Å². The molecule has 4 nitrogen and oxygen atoms in total. The molecule has 0 aromatic heterocycles. The van der Waals surface area contributed by atoms with Crippen LogP contribution in [-0.4, -0.2) is 43.5 Å². The molecule has 0 atom stereocenters. The predicted octanol–water partition coefficient (Wildman–Crippen LogP) is 1.74. The smallest absolute Gasteiger partial charge is 0.220 e. The molecule has 1 rings (SSSR count). The summed E-state index contributed by atoms with van der Waals surface area (Å²) in [5.41, 5.74) is 5.76. The lowest BCUT2D eigenvalue weighted by Gasteiger charge is -2.23. The van der Waals surface area contributed by atoms with Crippen LogP contribution in [0.5, 0.6) is 0 Å². The Kier molecular flexibility index (Phi) is 7.39. The van der Waals surface area contributed by atoms with Gasteiger partial charge in [-0.1, -0.05) is 13.8 Å². The number of rotatable bonds is 9. The highest BCUT2D eigenvalue weighted by molar-refractivity contribution is 5.75. The van der Waals surface area contributed by atoms with Gasteiger partial charge >= 0.3 is 0 Å². The minimum Gasteiger partial charge on any atom is -0.356 e. The van der Waals surface area contributed by atoms with E-state index in [4.69, 9.17) is 5.73 Å². The second kappa shape index (κ2) is 8.54. The van der Waals surface area contributed by atoms with Crippen molar-refractivity contribution in [1.82, 2.24) is 10.2 Å². The van der Waals surface area contributed by atoms with Gasteiger partial charge in [0.2, 0.25) is 5.91 Å². The first-order chi connectivity index (χ1) is 9.03. The summed E-state index contributed by atoms with van der Waals surface area (Å²) in [7, 11) is 0. The number of amides is 1. The van der Waals surface area contributed by atoms with Gasteiger partial charge in [0, 0.05) is 13.0 Å². The molecule has 0 aliphatic carbocycles. The third-order valence-electron chi connectivity index (χ3n) is 4.02. The summed E-state index contributed by atoms with van der Waals surface area (Å²) in [6, 6.07) is 0. The van der Waals surface area contributed by atoms with Gasteiger partial charge in [-0.3, -0.25) is 4.79 Å². The van der Waals surface area contributed by atoms with E-state index in [-0.39, 0.29) is 11.3 Å². The van der Waals surface area contributed by atoms with Crippen LogP contribution < -0.4 is 11.1 Å². The van der Waals surface area contributed by atoms with Gasteiger partial charge in [0.25, 0.3) is 0 Å². The summed E-state index contributed by atoms with van der Waals surface area (Å²) >= 11 is 0. The average Bonchev–Trinajstić information content (AvgIpc) is 2.85. The standard InChI is InChI=1S/C15H31N3O/c1-15(2,8-9-16)7-6-14(19)17-10-5-13-18-11-3-4-12-18/h3-13,16H2,1-2H3,(H,17,19). The van der Waals surface area contributed by atoms with E-state index in [1.54, 1.807) is 0 Å². The van der Waals surface area contributed by atoms with E-state index in [1.807, 2.05) is 0 Å². The summed E-state index contributed by atoms with van der Waals surface area (Å²) in [6.07, 6.45) is 6.26. The molecule has 1 aliphatic rings. The SMILES string of the molecule is CC(C)(CCN)CCC(=O)NCCCN1CCCC1. The summed E-state index contributed by atoms with van der Waals surface area (Å²) < 4.78 is 0. The number of nitrogens with one attached hydrogen (secondary N) is 1. The number of hydrogen-bond donors (Lipinski definition) is 2. The summed E-state index contributed by atoms with van der Waals surface area (Å²) in [5, 5.41) is 3.02. The predicted molar refractivity (Wildman–Crippen MR) is 80.0 cm³/mol. The van der Waals surface area contributed by atoms with Crippen LogP contribution in [-0.2, 0) is 4.79 Å². The number of carbonyl (C=O) groups is 1. The molecule has 0 spiro atoms. The summed E-state index contributed by atoms with van der Waals surface area (Å²) in [5.74, 6) is 0.187. The number of likely N-dealkylation sites (tertiary alicyclic amines) is 1. The van der Waals surface area contributed by atoms with Crippen LogP contribution in [0.4, 0.5) is 0 Å². The Labute approximate surface area is 118 Å². The molecule has 0 aromatic rings. The number of carbonyl (C=O) groups excluding carboxylic acids is 1. The Bertz CT molecular complexity index is 260. The normalized spacial score (nSPS) is 16.8. The third kappa shape index (κ3) is 7.53. The Hall–Kier alpha value is -0.610. The maximum atomic E-state index is 11.7. The zero-order chi connectivity index (χ0) is 14.1. The molecule has 0 aromatic carbocycles. The van der Waals surface area contributed by atoms with Crippen LogP contribution >= 0.6 is 0 Å². The van der Waals surface area contributed by atoms with Crippen molar-refractivity contribution in [3.8, 4) is 0 Å². The molecular formula is C15H31N3O. The highest BCUT2D eigenvalue weighted by atomic mass is 16.1. The van der Waals surface area contributed by atoms with Crippen molar-refractivity contribution in [3.05, 3.63) is 0 Å². The van der Waals surface area contributed by atoms with Crippen molar-refractivity contribution >= 4 is 5.91 Å². The fourth-order valence-corrected chi connectivity index (χ4v) is 2.59. The first kappa shape index (κ1) is 16.4. The van der Waals surface area contributed by atoms with E-state index in [0.717, 1.165) is 32.4 Å². The Morgan fingerprint density at radius 2 is 1.95 bits per heavy atom. The van der Waals surface area contributed by atoms with Crippen molar-refractivity contribution in [2.24, 2.45) is 11.1 Å². The zero-order valence-corrected chi connectivity index (χ0v) is 12.7. The molecule has 112 valence electrons. The second-order valence-corrected chi connectivity index (χ2v) is 6.46. The third-order valence-corrected chi connectivity index (χ3v) is 4.02. The van der Waals surface area contributed by atoms with Gasteiger partial charge in [0.15, 0.2) is 0 Å². The van der Waals surface area contributed by atoms with E-state index in [1.165, 1.54) is 25.9 Å². The van der Waals surface area contributed by atoms with Gasteiger partial charge < -0.3 is 16.0 Å². The first-order valence-corrected chi connectivity index (χ1v) is 7.73. The van der Waals surface area contributed by atoms with Crippen LogP contribution in [0.2, 0.25) is 0 Å². The Balaban J connectivity index is 2.01. The van der Waals surface area contributed by atoms with Gasteiger partial charge in [0.05, 0.1) is 0 Å². The van der Waals surface area contributed by atoms with E-state index in [2.05, 4.69) is 24.1 Å². The molecule has 1 heterocycles. The number of nitrogens with two attached hydrogens (primary N) is 1. The van der Waals surface area contributed by atoms with Crippen molar-refractivity contribution in [3.63, 3.8) is 0 Å². The van der Waals surface area contributed by atoms with Gasteiger partial charge in [-0.2, -0.15) is 0 Å². The number of nitrogens with zero attached hydrogens (tertiary/aromatic N) is 1. The van der Waals surface area contributed by atoms with Crippen molar-refractivity contribution in [1.29, 1.82) is 0 Å². The highest BCUT2D eigenvalue weighted by Crippen LogP contribution is 2.25. The fourth-order valence-electron chi connectivity index (χ4n) is 2.59. The van der Waals surface area contributed by atoms with Gasteiger partial charge in [-0.15, -0.1) is 0 Å². The molecule has 1 aliphatic heterocycles. The quantitative estimate of drug-likeness (QED) is 0.627. The molecule has 3 N–H and O–H groups in total. The van der Waals surface area contributed by atoms with Crippen molar-refractivity contribution < 1.29 is 4.79 Å². The van der Waals surface area contributed by atoms with Gasteiger partial charge in [-0.05, 0) is 63.7 Å². The molecule has 19 heavy (non-hydrogen) atoms. The minimum atomic E-state index is 0.182. The van der Waals surface area contributed by atoms with E-state index in [9.17, 15) is 4.79 Å². The van der Waals surface area contributed by atoms with Gasteiger partial charge in [-0.25, -0.2) is 0 Å². The average molecular weight is 269 g/mol. The lowest BCUT2D eigenvalue weighted by atomic mass is 9.84. The van der Waals surface area contributed by atoms with E-state index in [0.29, 0.717) is 13.0 Å². The zero-order valence-electron chi connectivity index (χ0n) is 12.7. The van der Waals surface area contributed by atoms with Crippen LogP contribution in [0.15, 0.2) is 0 Å². The largest absolute Gasteiger partial charge is 0.356 e.